The molecule has 1 aromatic heterocycles. The lowest BCUT2D eigenvalue weighted by Gasteiger charge is -2.19. The lowest BCUT2D eigenvalue weighted by atomic mass is 9.87. The first-order valence-corrected chi connectivity index (χ1v) is 9.74. The third-order valence-electron chi connectivity index (χ3n) is 4.78. The van der Waals surface area contributed by atoms with E-state index in [0.717, 1.165) is 22.6 Å². The molecule has 0 saturated carbocycles. The highest BCUT2D eigenvalue weighted by Crippen LogP contribution is 2.24. The number of aromatic nitrogens is 2. The van der Waals surface area contributed by atoms with Crippen molar-refractivity contribution in [1.82, 2.24) is 14.9 Å². The number of nitrogens with zero attached hydrogens (tertiary/aromatic N) is 2. The number of ether oxygens (including phenoxy) is 1. The fourth-order valence-corrected chi connectivity index (χ4v) is 3.05. The number of hydrogen-bond acceptors (Lipinski definition) is 3. The molecule has 28 heavy (non-hydrogen) atoms. The third kappa shape index (κ3) is 5.12. The zero-order chi connectivity index (χ0) is 20.1. The first kappa shape index (κ1) is 19.9. The van der Waals surface area contributed by atoms with E-state index in [1.165, 1.54) is 5.56 Å². The molecule has 0 unspecified atom stereocenters. The molecule has 5 nitrogen and oxygen atoms in total. The third-order valence-corrected chi connectivity index (χ3v) is 4.78. The van der Waals surface area contributed by atoms with Gasteiger partial charge >= 0.3 is 0 Å². The van der Waals surface area contributed by atoms with Crippen LogP contribution in [0.3, 0.4) is 0 Å². The Kier molecular flexibility index (Phi) is 6.02. The van der Waals surface area contributed by atoms with Crippen LogP contribution in [-0.4, -0.2) is 34.4 Å². The van der Waals surface area contributed by atoms with Gasteiger partial charge in [-0.1, -0.05) is 45.0 Å². The minimum absolute atomic E-state index is 0.0899. The smallest absolute Gasteiger partial charge is 0.222 e. The van der Waals surface area contributed by atoms with Crippen molar-refractivity contribution in [3.8, 4) is 5.75 Å². The number of H-pyrrole nitrogens is 1. The Bertz CT molecular complexity index is 890. The van der Waals surface area contributed by atoms with Gasteiger partial charge in [0.1, 0.15) is 11.6 Å². The van der Waals surface area contributed by atoms with E-state index in [0.29, 0.717) is 26.0 Å². The molecule has 0 fully saturated rings. The van der Waals surface area contributed by atoms with Crippen LogP contribution >= 0.6 is 0 Å². The van der Waals surface area contributed by atoms with Gasteiger partial charge in [0, 0.05) is 13.5 Å². The number of amides is 1. The average molecular weight is 380 g/mol. The molecular formula is C23H29N3O2. The molecule has 1 amide bonds. The topological polar surface area (TPSA) is 58.2 Å². The molecule has 3 aromatic rings. The number of nitrogens with one attached hydrogen (secondary N) is 1. The van der Waals surface area contributed by atoms with Gasteiger partial charge in [-0.3, -0.25) is 4.79 Å². The van der Waals surface area contributed by atoms with Crippen molar-refractivity contribution in [1.29, 1.82) is 0 Å². The fourth-order valence-electron chi connectivity index (χ4n) is 3.05. The predicted molar refractivity (Wildman–Crippen MR) is 112 cm³/mol. The number of fused-ring (bicyclic) bond motifs is 1. The summed E-state index contributed by atoms with van der Waals surface area (Å²) in [4.78, 5) is 21.8. The molecule has 1 heterocycles. The standard InChI is InChI=1S/C23H29N3O2/c1-23(2,3)17-11-13-18(14-12-17)28-15-7-10-22(27)26(4)16-21-24-19-8-5-6-9-20(19)25-21/h5-6,8-9,11-14H,7,10,15-16H2,1-4H3,(H,24,25). The molecule has 148 valence electrons. The van der Waals surface area contributed by atoms with Crippen molar-refractivity contribution >= 4 is 16.9 Å². The van der Waals surface area contributed by atoms with Crippen LogP contribution in [0.5, 0.6) is 5.75 Å². The van der Waals surface area contributed by atoms with Gasteiger partial charge in [-0.25, -0.2) is 4.98 Å². The molecule has 0 atom stereocenters. The summed E-state index contributed by atoms with van der Waals surface area (Å²) in [6.07, 6.45) is 1.14. The van der Waals surface area contributed by atoms with Gasteiger partial charge in [-0.05, 0) is 41.7 Å². The van der Waals surface area contributed by atoms with E-state index >= 15 is 0 Å². The van der Waals surface area contributed by atoms with Crippen LogP contribution in [0.25, 0.3) is 11.0 Å². The van der Waals surface area contributed by atoms with Gasteiger partial charge in [0.15, 0.2) is 0 Å². The lowest BCUT2D eigenvalue weighted by molar-refractivity contribution is -0.130. The molecule has 2 aromatic carbocycles. The molecule has 5 heteroatoms. The van der Waals surface area contributed by atoms with E-state index in [4.69, 9.17) is 4.74 Å². The Morgan fingerprint density at radius 1 is 1.11 bits per heavy atom. The van der Waals surface area contributed by atoms with Gasteiger partial charge in [0.2, 0.25) is 5.91 Å². The van der Waals surface area contributed by atoms with Crippen LogP contribution in [0.2, 0.25) is 0 Å². The number of rotatable bonds is 7. The monoisotopic (exact) mass is 379 g/mol. The second-order valence-corrected chi connectivity index (χ2v) is 8.18. The summed E-state index contributed by atoms with van der Waals surface area (Å²) >= 11 is 0. The van der Waals surface area contributed by atoms with Crippen LogP contribution in [0.1, 0.15) is 45.0 Å². The zero-order valence-electron chi connectivity index (χ0n) is 17.2. The maximum absolute atomic E-state index is 12.4. The summed E-state index contributed by atoms with van der Waals surface area (Å²) in [5.41, 5.74) is 3.32. The van der Waals surface area contributed by atoms with Crippen molar-refractivity contribution in [2.75, 3.05) is 13.7 Å². The first-order chi connectivity index (χ1) is 13.3. The van der Waals surface area contributed by atoms with Crippen molar-refractivity contribution in [2.45, 2.75) is 45.6 Å². The van der Waals surface area contributed by atoms with Crippen LogP contribution in [0.4, 0.5) is 0 Å². The maximum atomic E-state index is 12.4. The SMILES string of the molecule is CN(Cc1nc2ccccc2[nH]1)C(=O)CCCOc1ccc(C(C)(C)C)cc1. The fraction of sp³-hybridized carbons (Fsp3) is 0.391. The van der Waals surface area contributed by atoms with E-state index in [1.54, 1.807) is 4.90 Å². The van der Waals surface area contributed by atoms with E-state index in [1.807, 2.05) is 43.4 Å². The van der Waals surface area contributed by atoms with E-state index in [-0.39, 0.29) is 11.3 Å². The normalized spacial score (nSPS) is 11.6. The molecule has 0 saturated heterocycles. The number of imidazole rings is 1. The highest BCUT2D eigenvalue weighted by atomic mass is 16.5. The molecule has 0 spiro atoms. The second-order valence-electron chi connectivity index (χ2n) is 8.18. The molecule has 1 N–H and O–H groups in total. The van der Waals surface area contributed by atoms with E-state index in [9.17, 15) is 4.79 Å². The number of benzene rings is 2. The summed E-state index contributed by atoms with van der Waals surface area (Å²) in [5.74, 6) is 1.73. The number of aromatic amines is 1. The van der Waals surface area contributed by atoms with E-state index in [2.05, 4.69) is 42.9 Å². The highest BCUT2D eigenvalue weighted by molar-refractivity contribution is 5.76. The van der Waals surface area contributed by atoms with Crippen LogP contribution in [0.15, 0.2) is 48.5 Å². The minimum Gasteiger partial charge on any atom is -0.494 e. The van der Waals surface area contributed by atoms with Crippen LogP contribution < -0.4 is 4.74 Å². The second kappa shape index (κ2) is 8.46. The number of para-hydroxylation sites is 2. The number of hydrogen-bond donors (Lipinski definition) is 1. The summed E-state index contributed by atoms with van der Waals surface area (Å²) in [6.45, 7) is 7.57. The Morgan fingerprint density at radius 3 is 2.50 bits per heavy atom. The predicted octanol–water partition coefficient (Wildman–Crippen LogP) is 4.68. The Labute approximate surface area is 166 Å². The average Bonchev–Trinajstić information content (AvgIpc) is 3.07. The van der Waals surface area contributed by atoms with Crippen molar-refractivity contribution in [2.24, 2.45) is 0 Å². The summed E-state index contributed by atoms with van der Waals surface area (Å²) in [6, 6.07) is 16.1. The minimum atomic E-state index is 0.0899. The largest absolute Gasteiger partial charge is 0.494 e. The molecule has 0 bridgehead atoms. The molecule has 0 aliphatic carbocycles. The number of carbonyl (C=O) groups excluding carboxylic acids is 1. The molecule has 3 rings (SSSR count). The Hall–Kier alpha value is -2.82. The van der Waals surface area contributed by atoms with Gasteiger partial charge in [-0.2, -0.15) is 0 Å². The Morgan fingerprint density at radius 2 is 1.82 bits per heavy atom. The van der Waals surface area contributed by atoms with Crippen molar-refractivity contribution < 1.29 is 9.53 Å². The van der Waals surface area contributed by atoms with Gasteiger partial charge in [0.05, 0.1) is 24.2 Å². The number of carbonyl (C=O) groups is 1. The van der Waals surface area contributed by atoms with Gasteiger partial charge in [0.25, 0.3) is 0 Å². The van der Waals surface area contributed by atoms with E-state index < -0.39 is 0 Å². The molecular weight excluding hydrogens is 350 g/mol. The zero-order valence-corrected chi connectivity index (χ0v) is 17.2. The summed E-state index contributed by atoms with van der Waals surface area (Å²) in [7, 11) is 1.81. The first-order valence-electron chi connectivity index (χ1n) is 9.74. The molecule has 0 radical (unpaired) electrons. The summed E-state index contributed by atoms with van der Waals surface area (Å²) < 4.78 is 5.77. The van der Waals surface area contributed by atoms with Crippen LogP contribution in [0, 0.1) is 0 Å². The quantitative estimate of drug-likeness (QED) is 0.607. The molecule has 0 aliphatic rings. The maximum Gasteiger partial charge on any atom is 0.222 e. The Balaban J connectivity index is 1.42. The van der Waals surface area contributed by atoms with Gasteiger partial charge in [-0.15, -0.1) is 0 Å². The molecule has 0 aliphatic heterocycles. The highest BCUT2D eigenvalue weighted by Gasteiger charge is 2.14. The van der Waals surface area contributed by atoms with Crippen molar-refractivity contribution in [3.05, 3.63) is 59.9 Å². The van der Waals surface area contributed by atoms with Crippen LogP contribution in [-0.2, 0) is 16.8 Å². The van der Waals surface area contributed by atoms with Crippen molar-refractivity contribution in [3.63, 3.8) is 0 Å². The van der Waals surface area contributed by atoms with Gasteiger partial charge < -0.3 is 14.6 Å². The lowest BCUT2D eigenvalue weighted by Crippen LogP contribution is -2.26. The summed E-state index contributed by atoms with van der Waals surface area (Å²) in [5, 5.41) is 0.